The highest BCUT2D eigenvalue weighted by Crippen LogP contribution is 2.23. The average molecular weight is 297 g/mol. The van der Waals surface area contributed by atoms with Crippen LogP contribution in [0.15, 0.2) is 23.4 Å². The lowest BCUT2D eigenvalue weighted by atomic mass is 10.3. The SMILES string of the molecule is CCCc1nc(S(=O)(=O)NCC)c2cc(OC)ccn12. The molecule has 0 fully saturated rings. The summed E-state index contributed by atoms with van der Waals surface area (Å²) in [6.45, 7) is 4.10. The summed E-state index contributed by atoms with van der Waals surface area (Å²) in [5.41, 5.74) is 0.536. The zero-order valence-corrected chi connectivity index (χ0v) is 12.7. The van der Waals surface area contributed by atoms with E-state index in [2.05, 4.69) is 9.71 Å². The molecule has 6 nitrogen and oxygen atoms in total. The van der Waals surface area contributed by atoms with E-state index in [9.17, 15) is 8.42 Å². The van der Waals surface area contributed by atoms with Gasteiger partial charge in [-0.1, -0.05) is 13.8 Å². The molecule has 0 aliphatic carbocycles. The highest BCUT2D eigenvalue weighted by atomic mass is 32.2. The number of hydrogen-bond donors (Lipinski definition) is 1. The summed E-state index contributed by atoms with van der Waals surface area (Å²) in [7, 11) is -2.05. The molecule has 2 rings (SSSR count). The van der Waals surface area contributed by atoms with E-state index in [1.165, 1.54) is 0 Å². The number of ether oxygens (including phenoxy) is 1. The number of nitrogens with one attached hydrogen (secondary N) is 1. The van der Waals surface area contributed by atoms with Gasteiger partial charge in [0.1, 0.15) is 11.6 Å². The van der Waals surface area contributed by atoms with Crippen LogP contribution in [0.4, 0.5) is 0 Å². The number of imidazole rings is 1. The molecule has 110 valence electrons. The van der Waals surface area contributed by atoms with Gasteiger partial charge in [0.05, 0.1) is 12.6 Å². The number of rotatable bonds is 6. The van der Waals surface area contributed by atoms with Crippen LogP contribution in [0.25, 0.3) is 5.52 Å². The third kappa shape index (κ3) is 2.64. The zero-order valence-electron chi connectivity index (χ0n) is 11.9. The van der Waals surface area contributed by atoms with Gasteiger partial charge in [0.15, 0.2) is 5.03 Å². The summed E-state index contributed by atoms with van der Waals surface area (Å²) in [6.07, 6.45) is 3.40. The van der Waals surface area contributed by atoms with E-state index in [0.717, 1.165) is 18.7 Å². The molecule has 2 aromatic heterocycles. The highest BCUT2D eigenvalue weighted by molar-refractivity contribution is 7.89. The fourth-order valence-corrected chi connectivity index (χ4v) is 3.26. The number of sulfonamides is 1. The fourth-order valence-electron chi connectivity index (χ4n) is 2.08. The van der Waals surface area contributed by atoms with E-state index in [0.29, 0.717) is 17.8 Å². The summed E-state index contributed by atoms with van der Waals surface area (Å²) in [4.78, 5) is 4.30. The van der Waals surface area contributed by atoms with Crippen LogP contribution in [0.1, 0.15) is 26.1 Å². The molecule has 0 unspecified atom stereocenters. The number of nitrogens with zero attached hydrogens (tertiary/aromatic N) is 2. The first-order valence-corrected chi connectivity index (χ1v) is 8.06. The van der Waals surface area contributed by atoms with Crippen LogP contribution in [0.5, 0.6) is 5.75 Å². The molecule has 0 atom stereocenters. The maximum absolute atomic E-state index is 12.2. The summed E-state index contributed by atoms with van der Waals surface area (Å²) in [6, 6.07) is 3.48. The van der Waals surface area contributed by atoms with Crippen LogP contribution >= 0.6 is 0 Å². The number of fused-ring (bicyclic) bond motifs is 1. The van der Waals surface area contributed by atoms with Crippen LogP contribution in [0, 0.1) is 0 Å². The van der Waals surface area contributed by atoms with Crippen LogP contribution < -0.4 is 9.46 Å². The van der Waals surface area contributed by atoms with Gasteiger partial charge in [-0.3, -0.25) is 0 Å². The summed E-state index contributed by atoms with van der Waals surface area (Å²) in [5.74, 6) is 1.34. The third-order valence-electron chi connectivity index (χ3n) is 2.95. The van der Waals surface area contributed by atoms with Crippen molar-refractivity contribution < 1.29 is 13.2 Å². The second kappa shape index (κ2) is 5.80. The first-order chi connectivity index (χ1) is 9.53. The predicted octanol–water partition coefficient (Wildman–Crippen LogP) is 1.59. The van der Waals surface area contributed by atoms with E-state index in [4.69, 9.17) is 4.74 Å². The molecule has 0 bridgehead atoms. The lowest BCUT2D eigenvalue weighted by Crippen LogP contribution is -2.23. The van der Waals surface area contributed by atoms with Crippen molar-refractivity contribution in [3.63, 3.8) is 0 Å². The molecular formula is C13H19N3O3S. The topological polar surface area (TPSA) is 72.7 Å². The Morgan fingerprint density at radius 3 is 2.75 bits per heavy atom. The van der Waals surface area contributed by atoms with E-state index >= 15 is 0 Å². The van der Waals surface area contributed by atoms with Crippen molar-refractivity contribution >= 4 is 15.5 Å². The Bertz CT molecular complexity index is 707. The molecule has 0 aliphatic heterocycles. The largest absolute Gasteiger partial charge is 0.497 e. The smallest absolute Gasteiger partial charge is 0.260 e. The maximum Gasteiger partial charge on any atom is 0.260 e. The van der Waals surface area contributed by atoms with E-state index < -0.39 is 10.0 Å². The number of aryl methyl sites for hydroxylation is 1. The lowest BCUT2D eigenvalue weighted by Gasteiger charge is -2.04. The Morgan fingerprint density at radius 1 is 1.40 bits per heavy atom. The molecule has 2 aromatic rings. The minimum Gasteiger partial charge on any atom is -0.497 e. The van der Waals surface area contributed by atoms with E-state index in [1.807, 2.05) is 6.92 Å². The van der Waals surface area contributed by atoms with Crippen LogP contribution in [-0.4, -0.2) is 31.5 Å². The second-order valence-corrected chi connectivity index (χ2v) is 6.09. The van der Waals surface area contributed by atoms with Gasteiger partial charge < -0.3 is 9.14 Å². The minimum atomic E-state index is -3.60. The van der Waals surface area contributed by atoms with Crippen molar-refractivity contribution in [2.45, 2.75) is 31.7 Å². The molecule has 0 spiro atoms. The molecule has 0 aliphatic rings. The molecule has 20 heavy (non-hydrogen) atoms. The monoisotopic (exact) mass is 297 g/mol. The van der Waals surface area contributed by atoms with Crippen molar-refractivity contribution in [2.75, 3.05) is 13.7 Å². The molecule has 7 heteroatoms. The third-order valence-corrected chi connectivity index (χ3v) is 4.43. The van der Waals surface area contributed by atoms with Crippen LogP contribution in [0.2, 0.25) is 0 Å². The standard InChI is InChI=1S/C13H19N3O3S/c1-4-6-12-15-13(20(17,18)14-5-2)11-9-10(19-3)7-8-16(11)12/h7-9,14H,4-6H2,1-3H3. The van der Waals surface area contributed by atoms with Gasteiger partial charge in [-0.25, -0.2) is 18.1 Å². The van der Waals surface area contributed by atoms with Gasteiger partial charge in [0, 0.05) is 25.2 Å². The number of pyridine rings is 1. The quantitative estimate of drug-likeness (QED) is 0.879. The van der Waals surface area contributed by atoms with E-state index in [-0.39, 0.29) is 5.03 Å². The first kappa shape index (κ1) is 14.8. The van der Waals surface area contributed by atoms with Crippen molar-refractivity contribution in [1.82, 2.24) is 14.1 Å². The van der Waals surface area contributed by atoms with Crippen molar-refractivity contribution in [3.05, 3.63) is 24.2 Å². The Morgan fingerprint density at radius 2 is 2.15 bits per heavy atom. The second-order valence-electron chi connectivity index (χ2n) is 4.41. The Labute approximate surface area is 118 Å². The molecule has 0 saturated carbocycles. The van der Waals surface area contributed by atoms with Crippen molar-refractivity contribution in [2.24, 2.45) is 0 Å². The minimum absolute atomic E-state index is 0.0571. The number of aromatic nitrogens is 2. The van der Waals surface area contributed by atoms with Crippen LogP contribution in [-0.2, 0) is 16.4 Å². The molecule has 0 radical (unpaired) electrons. The lowest BCUT2D eigenvalue weighted by molar-refractivity contribution is 0.414. The molecule has 0 aromatic carbocycles. The Kier molecular flexibility index (Phi) is 4.29. The van der Waals surface area contributed by atoms with Gasteiger partial charge >= 0.3 is 0 Å². The van der Waals surface area contributed by atoms with Gasteiger partial charge in [-0.05, 0) is 12.5 Å². The Hall–Kier alpha value is -1.60. The number of methoxy groups -OCH3 is 1. The molecule has 0 saturated heterocycles. The van der Waals surface area contributed by atoms with E-state index in [1.54, 1.807) is 36.8 Å². The summed E-state index contributed by atoms with van der Waals surface area (Å²) in [5, 5.41) is 0.0571. The predicted molar refractivity (Wildman–Crippen MR) is 76.6 cm³/mol. The average Bonchev–Trinajstić information content (AvgIpc) is 2.78. The highest BCUT2D eigenvalue weighted by Gasteiger charge is 2.22. The van der Waals surface area contributed by atoms with Gasteiger partial charge in [-0.15, -0.1) is 0 Å². The van der Waals surface area contributed by atoms with Crippen LogP contribution in [0.3, 0.4) is 0 Å². The van der Waals surface area contributed by atoms with Gasteiger partial charge in [-0.2, -0.15) is 0 Å². The first-order valence-electron chi connectivity index (χ1n) is 6.58. The molecular weight excluding hydrogens is 278 g/mol. The summed E-state index contributed by atoms with van der Waals surface area (Å²) < 4.78 is 33.9. The van der Waals surface area contributed by atoms with Crippen molar-refractivity contribution in [1.29, 1.82) is 0 Å². The maximum atomic E-state index is 12.2. The normalized spacial score (nSPS) is 11.9. The van der Waals surface area contributed by atoms with Crippen molar-refractivity contribution in [3.8, 4) is 5.75 Å². The Balaban J connectivity index is 2.69. The molecule has 1 N–H and O–H groups in total. The number of hydrogen-bond acceptors (Lipinski definition) is 4. The van der Waals surface area contributed by atoms with Gasteiger partial charge in [0.2, 0.25) is 0 Å². The van der Waals surface area contributed by atoms with Gasteiger partial charge in [0.25, 0.3) is 10.0 Å². The zero-order chi connectivity index (χ0) is 14.8. The molecule has 2 heterocycles. The fraction of sp³-hybridized carbons (Fsp3) is 0.462. The molecule has 0 amide bonds. The summed E-state index contributed by atoms with van der Waals surface area (Å²) >= 11 is 0.